The molecular weight excluding hydrogens is 432 g/mol. The Balaban J connectivity index is 1.34. The number of piperidine rings is 1. The average Bonchev–Trinajstić information content (AvgIpc) is 3.00. The van der Waals surface area contributed by atoms with Gasteiger partial charge >= 0.3 is 0 Å². The molecule has 1 atom stereocenters. The molecule has 2 aliphatic rings. The molecule has 0 bridgehead atoms. The predicted molar refractivity (Wildman–Crippen MR) is 131 cm³/mol. The van der Waals surface area contributed by atoms with Crippen molar-refractivity contribution in [3.8, 4) is 23.0 Å². The second kappa shape index (κ2) is 11.0. The zero-order valence-electron chi connectivity index (χ0n) is 20.5. The van der Waals surface area contributed by atoms with Crippen LogP contribution in [0.2, 0.25) is 0 Å². The van der Waals surface area contributed by atoms with Crippen molar-refractivity contribution in [2.75, 3.05) is 54.1 Å². The molecule has 2 heterocycles. The number of fused-ring (bicyclic) bond motifs is 1. The highest BCUT2D eigenvalue weighted by atomic mass is 16.5. The van der Waals surface area contributed by atoms with Crippen molar-refractivity contribution in [1.29, 1.82) is 0 Å². The lowest BCUT2D eigenvalue weighted by Gasteiger charge is -2.35. The third-order valence-corrected chi connectivity index (χ3v) is 7.09. The zero-order valence-corrected chi connectivity index (χ0v) is 20.5. The molecule has 1 fully saturated rings. The maximum Gasteiger partial charge on any atom is 0.227 e. The average molecular weight is 469 g/mol. The fraction of sp³-hybridized carbons (Fsp3) is 0.519. The number of hydrogen-bond donors (Lipinski definition) is 1. The Kier molecular flexibility index (Phi) is 7.83. The van der Waals surface area contributed by atoms with E-state index in [9.17, 15) is 9.90 Å². The lowest BCUT2D eigenvalue weighted by Crippen LogP contribution is -2.44. The van der Waals surface area contributed by atoms with Crippen LogP contribution in [0.4, 0.5) is 0 Å². The van der Waals surface area contributed by atoms with Gasteiger partial charge in [-0.3, -0.25) is 4.79 Å². The summed E-state index contributed by atoms with van der Waals surface area (Å²) >= 11 is 0. The molecule has 0 saturated carbocycles. The van der Waals surface area contributed by atoms with Crippen LogP contribution in [0.3, 0.4) is 0 Å². The molecule has 184 valence electrons. The molecule has 1 amide bonds. The Hall–Kier alpha value is -2.93. The monoisotopic (exact) mass is 468 g/mol. The molecule has 2 aromatic rings. The molecule has 2 aliphatic heterocycles. The van der Waals surface area contributed by atoms with Crippen molar-refractivity contribution in [2.24, 2.45) is 5.92 Å². The lowest BCUT2D eigenvalue weighted by atomic mass is 9.96. The van der Waals surface area contributed by atoms with Gasteiger partial charge in [-0.2, -0.15) is 0 Å². The minimum Gasteiger partial charge on any atom is -0.504 e. The van der Waals surface area contributed by atoms with Gasteiger partial charge in [0.25, 0.3) is 0 Å². The van der Waals surface area contributed by atoms with Crippen LogP contribution in [0.15, 0.2) is 30.3 Å². The van der Waals surface area contributed by atoms with Crippen LogP contribution >= 0.6 is 0 Å². The highest BCUT2D eigenvalue weighted by Crippen LogP contribution is 2.33. The first-order valence-electron chi connectivity index (χ1n) is 12.1. The summed E-state index contributed by atoms with van der Waals surface area (Å²) < 4.78 is 16.1. The fourth-order valence-electron chi connectivity index (χ4n) is 5.19. The quantitative estimate of drug-likeness (QED) is 0.641. The van der Waals surface area contributed by atoms with Crippen molar-refractivity contribution in [2.45, 2.75) is 32.1 Å². The van der Waals surface area contributed by atoms with Crippen molar-refractivity contribution in [1.82, 2.24) is 9.80 Å². The Morgan fingerprint density at radius 2 is 1.71 bits per heavy atom. The van der Waals surface area contributed by atoms with E-state index in [-0.39, 0.29) is 11.7 Å². The van der Waals surface area contributed by atoms with Gasteiger partial charge in [-0.05, 0) is 79.1 Å². The van der Waals surface area contributed by atoms with E-state index in [1.807, 2.05) is 24.3 Å². The number of hydrogen-bond acceptors (Lipinski definition) is 6. The molecule has 34 heavy (non-hydrogen) atoms. The van der Waals surface area contributed by atoms with Crippen LogP contribution in [-0.4, -0.2) is 74.9 Å². The molecule has 0 aromatic heterocycles. The van der Waals surface area contributed by atoms with Crippen LogP contribution in [0.5, 0.6) is 23.0 Å². The molecule has 1 N–H and O–H groups in total. The minimum atomic E-state index is 0.172. The van der Waals surface area contributed by atoms with Crippen LogP contribution in [0.1, 0.15) is 29.5 Å². The SMILES string of the molecule is COc1cc(CCN2CCCC(CN3CCc4cc(OC)c(OC)cc4CC3=O)C2)ccc1O. The summed E-state index contributed by atoms with van der Waals surface area (Å²) in [5, 5.41) is 9.81. The van der Waals surface area contributed by atoms with Crippen molar-refractivity contribution < 1.29 is 24.1 Å². The van der Waals surface area contributed by atoms with Gasteiger partial charge in [0.1, 0.15) is 0 Å². The maximum absolute atomic E-state index is 13.1. The fourth-order valence-corrected chi connectivity index (χ4v) is 5.19. The first-order valence-corrected chi connectivity index (χ1v) is 12.1. The standard InChI is InChI=1S/C27H36N2O5/c1-32-24-13-19(6-7-23(24)30)8-11-28-10-4-5-20(17-28)18-29-12-9-21-14-25(33-2)26(34-3)15-22(21)16-27(29)31/h6-7,13-15,20,30H,4-5,8-12,16-18H2,1-3H3. The second-order valence-corrected chi connectivity index (χ2v) is 9.31. The van der Waals surface area contributed by atoms with Gasteiger partial charge in [0.15, 0.2) is 23.0 Å². The van der Waals surface area contributed by atoms with Crippen LogP contribution in [-0.2, 0) is 24.1 Å². The van der Waals surface area contributed by atoms with Crippen molar-refractivity contribution in [3.63, 3.8) is 0 Å². The van der Waals surface area contributed by atoms with E-state index in [1.165, 1.54) is 5.56 Å². The number of carbonyl (C=O) groups excluding carboxylic acids is 1. The number of methoxy groups -OCH3 is 3. The molecule has 4 rings (SSSR count). The molecule has 0 aliphatic carbocycles. The van der Waals surface area contributed by atoms with E-state index >= 15 is 0 Å². The summed E-state index contributed by atoms with van der Waals surface area (Å²) in [4.78, 5) is 17.6. The first-order chi connectivity index (χ1) is 16.5. The first kappa shape index (κ1) is 24.2. The van der Waals surface area contributed by atoms with Crippen LogP contribution in [0, 0.1) is 5.92 Å². The number of aromatic hydroxyl groups is 1. The van der Waals surface area contributed by atoms with Gasteiger partial charge in [-0.25, -0.2) is 0 Å². The molecule has 1 unspecified atom stereocenters. The van der Waals surface area contributed by atoms with Crippen LogP contribution < -0.4 is 14.2 Å². The van der Waals surface area contributed by atoms with Gasteiger partial charge in [0.05, 0.1) is 27.8 Å². The van der Waals surface area contributed by atoms with Gasteiger partial charge in [-0.1, -0.05) is 6.07 Å². The number of phenols is 1. The van der Waals surface area contributed by atoms with Crippen LogP contribution in [0.25, 0.3) is 0 Å². The third kappa shape index (κ3) is 5.58. The van der Waals surface area contributed by atoms with Crippen molar-refractivity contribution in [3.05, 3.63) is 47.0 Å². The maximum atomic E-state index is 13.1. The number of rotatable bonds is 8. The Morgan fingerprint density at radius 1 is 0.971 bits per heavy atom. The van der Waals surface area contributed by atoms with Gasteiger partial charge < -0.3 is 29.1 Å². The molecule has 1 saturated heterocycles. The number of phenolic OH excluding ortho intramolecular Hbond substituents is 1. The number of amides is 1. The molecule has 2 aromatic carbocycles. The zero-order chi connectivity index (χ0) is 24.1. The molecule has 7 nitrogen and oxygen atoms in total. The lowest BCUT2D eigenvalue weighted by molar-refractivity contribution is -0.131. The molecule has 0 spiro atoms. The summed E-state index contributed by atoms with van der Waals surface area (Å²) in [5.41, 5.74) is 3.37. The number of likely N-dealkylation sites (tertiary alicyclic amines) is 1. The highest BCUT2D eigenvalue weighted by molar-refractivity contribution is 5.80. The molecule has 0 radical (unpaired) electrons. The van der Waals surface area contributed by atoms with E-state index in [0.717, 1.165) is 75.3 Å². The number of benzene rings is 2. The summed E-state index contributed by atoms with van der Waals surface area (Å²) in [6.45, 7) is 4.61. The predicted octanol–water partition coefficient (Wildman–Crippen LogP) is 3.30. The van der Waals surface area contributed by atoms with E-state index in [1.54, 1.807) is 27.4 Å². The number of carbonyl (C=O) groups is 1. The van der Waals surface area contributed by atoms with E-state index < -0.39 is 0 Å². The third-order valence-electron chi connectivity index (χ3n) is 7.09. The van der Waals surface area contributed by atoms with Gasteiger partial charge in [-0.15, -0.1) is 0 Å². The largest absolute Gasteiger partial charge is 0.504 e. The smallest absolute Gasteiger partial charge is 0.227 e. The van der Waals surface area contributed by atoms with Crippen molar-refractivity contribution >= 4 is 5.91 Å². The Morgan fingerprint density at radius 3 is 2.44 bits per heavy atom. The summed E-state index contributed by atoms with van der Waals surface area (Å²) in [6, 6.07) is 9.54. The molecular formula is C27H36N2O5. The van der Waals surface area contributed by atoms with E-state index in [4.69, 9.17) is 14.2 Å². The van der Waals surface area contributed by atoms with E-state index in [0.29, 0.717) is 23.8 Å². The summed E-state index contributed by atoms with van der Waals surface area (Å²) in [6.07, 6.45) is 4.46. The topological polar surface area (TPSA) is 71.5 Å². The Labute approximate surface area is 202 Å². The summed E-state index contributed by atoms with van der Waals surface area (Å²) in [5.74, 6) is 2.76. The number of nitrogens with zero attached hydrogens (tertiary/aromatic N) is 2. The Bertz CT molecular complexity index is 1010. The normalized spacial score (nSPS) is 18.9. The highest BCUT2D eigenvalue weighted by Gasteiger charge is 2.27. The van der Waals surface area contributed by atoms with E-state index in [2.05, 4.69) is 9.80 Å². The molecule has 7 heteroatoms. The minimum absolute atomic E-state index is 0.172. The second-order valence-electron chi connectivity index (χ2n) is 9.31. The summed E-state index contributed by atoms with van der Waals surface area (Å²) in [7, 11) is 4.84. The van der Waals surface area contributed by atoms with Gasteiger partial charge in [0.2, 0.25) is 5.91 Å². The number of ether oxygens (including phenoxy) is 3. The van der Waals surface area contributed by atoms with Gasteiger partial charge in [0, 0.05) is 26.2 Å².